The lowest BCUT2D eigenvalue weighted by atomic mass is 10.1. The van der Waals surface area contributed by atoms with Gasteiger partial charge in [-0.25, -0.2) is 0 Å². The lowest BCUT2D eigenvalue weighted by molar-refractivity contribution is -0.384. The number of aryl methyl sites for hydroxylation is 1. The van der Waals surface area contributed by atoms with Gasteiger partial charge in [0.05, 0.1) is 4.92 Å². The summed E-state index contributed by atoms with van der Waals surface area (Å²) in [6.07, 6.45) is 3.09. The molecular formula is C16H12BrNO3. The van der Waals surface area contributed by atoms with Gasteiger partial charge in [-0.3, -0.25) is 14.9 Å². The number of allylic oxidation sites excluding steroid dienone is 1. The maximum Gasteiger partial charge on any atom is 0.270 e. The molecule has 0 bridgehead atoms. The monoisotopic (exact) mass is 345 g/mol. The largest absolute Gasteiger partial charge is 0.289 e. The molecule has 0 saturated carbocycles. The maximum atomic E-state index is 12.0. The van der Waals surface area contributed by atoms with Gasteiger partial charge in [-0.15, -0.1) is 0 Å². The molecule has 0 amide bonds. The minimum absolute atomic E-state index is 0.00360. The number of hydrogen-bond acceptors (Lipinski definition) is 3. The first kappa shape index (κ1) is 15.1. The molecule has 2 rings (SSSR count). The molecule has 4 nitrogen and oxygen atoms in total. The fraction of sp³-hybridized carbons (Fsp3) is 0.0625. The average Bonchev–Trinajstić information content (AvgIpc) is 2.46. The first-order valence-electron chi connectivity index (χ1n) is 6.20. The molecule has 0 N–H and O–H groups in total. The zero-order valence-corrected chi connectivity index (χ0v) is 12.8. The van der Waals surface area contributed by atoms with Crippen molar-refractivity contribution >= 4 is 33.5 Å². The van der Waals surface area contributed by atoms with Gasteiger partial charge < -0.3 is 0 Å². The first-order chi connectivity index (χ1) is 9.97. The van der Waals surface area contributed by atoms with E-state index in [-0.39, 0.29) is 11.5 Å². The quantitative estimate of drug-likeness (QED) is 0.353. The van der Waals surface area contributed by atoms with Gasteiger partial charge in [0.15, 0.2) is 5.78 Å². The molecule has 0 aliphatic carbocycles. The maximum absolute atomic E-state index is 12.0. The number of nitro groups is 1. The standard InChI is InChI=1S/C16H12BrNO3/c1-11-2-4-13(5-3-11)16(19)9-7-12-6-8-14(18(20)21)10-15(12)17/h2-10H,1H3/b9-7+. The number of carbonyl (C=O) groups is 1. The van der Waals surface area contributed by atoms with Crippen LogP contribution in [0.5, 0.6) is 0 Å². The molecule has 0 fully saturated rings. The van der Waals surface area contributed by atoms with Crippen molar-refractivity contribution in [1.29, 1.82) is 0 Å². The van der Waals surface area contributed by atoms with Crippen LogP contribution in [0.15, 0.2) is 53.0 Å². The highest BCUT2D eigenvalue weighted by Crippen LogP contribution is 2.24. The van der Waals surface area contributed by atoms with Crippen molar-refractivity contribution in [1.82, 2.24) is 0 Å². The molecule has 0 unspecified atom stereocenters. The topological polar surface area (TPSA) is 60.2 Å². The Morgan fingerprint density at radius 1 is 1.19 bits per heavy atom. The van der Waals surface area contributed by atoms with Crippen molar-refractivity contribution in [3.05, 3.63) is 79.8 Å². The highest BCUT2D eigenvalue weighted by atomic mass is 79.9. The van der Waals surface area contributed by atoms with E-state index in [1.807, 2.05) is 19.1 Å². The van der Waals surface area contributed by atoms with Crippen molar-refractivity contribution in [3.63, 3.8) is 0 Å². The number of hydrogen-bond donors (Lipinski definition) is 0. The highest BCUT2D eigenvalue weighted by molar-refractivity contribution is 9.10. The van der Waals surface area contributed by atoms with Crippen LogP contribution in [0.3, 0.4) is 0 Å². The van der Waals surface area contributed by atoms with E-state index in [9.17, 15) is 14.9 Å². The van der Waals surface area contributed by atoms with Crippen molar-refractivity contribution in [2.75, 3.05) is 0 Å². The number of carbonyl (C=O) groups excluding carboxylic acids is 1. The number of benzene rings is 2. The van der Waals surface area contributed by atoms with Gasteiger partial charge in [-0.05, 0) is 46.6 Å². The lowest BCUT2D eigenvalue weighted by Crippen LogP contribution is -1.94. The van der Waals surface area contributed by atoms with Crippen LogP contribution < -0.4 is 0 Å². The fourth-order valence-electron chi connectivity index (χ4n) is 1.74. The molecule has 0 heterocycles. The first-order valence-corrected chi connectivity index (χ1v) is 6.99. The van der Waals surface area contributed by atoms with E-state index in [0.717, 1.165) is 5.56 Å². The summed E-state index contributed by atoms with van der Waals surface area (Å²) in [5.41, 5.74) is 2.41. The lowest BCUT2D eigenvalue weighted by Gasteiger charge is -1.99. The number of ketones is 1. The van der Waals surface area contributed by atoms with Crippen molar-refractivity contribution in [3.8, 4) is 0 Å². The number of rotatable bonds is 4. The number of halogens is 1. The van der Waals surface area contributed by atoms with Crippen LogP contribution >= 0.6 is 15.9 Å². The van der Waals surface area contributed by atoms with Gasteiger partial charge in [0.1, 0.15) is 0 Å². The van der Waals surface area contributed by atoms with Crippen molar-refractivity contribution < 1.29 is 9.72 Å². The molecule has 0 radical (unpaired) electrons. The van der Waals surface area contributed by atoms with Gasteiger partial charge in [-0.1, -0.05) is 29.8 Å². The second-order valence-electron chi connectivity index (χ2n) is 4.53. The predicted octanol–water partition coefficient (Wildman–Crippen LogP) is 4.56. The molecule has 106 valence electrons. The molecular weight excluding hydrogens is 334 g/mol. The normalized spacial score (nSPS) is 10.8. The minimum atomic E-state index is -0.463. The number of nitrogens with zero attached hydrogens (tertiary/aromatic N) is 1. The van der Waals surface area contributed by atoms with Crippen molar-refractivity contribution in [2.24, 2.45) is 0 Å². The van der Waals surface area contributed by atoms with Crippen LogP contribution in [0, 0.1) is 17.0 Å². The molecule has 0 aromatic heterocycles. The third-order valence-corrected chi connectivity index (χ3v) is 3.63. The van der Waals surface area contributed by atoms with Crippen LogP contribution in [0.25, 0.3) is 6.08 Å². The molecule has 21 heavy (non-hydrogen) atoms. The van der Waals surface area contributed by atoms with E-state index in [1.165, 1.54) is 18.2 Å². The van der Waals surface area contributed by atoms with Gasteiger partial charge in [0.25, 0.3) is 5.69 Å². The summed E-state index contributed by atoms with van der Waals surface area (Å²) < 4.78 is 0.574. The zero-order valence-electron chi connectivity index (χ0n) is 11.2. The van der Waals surface area contributed by atoms with Crippen molar-refractivity contribution in [2.45, 2.75) is 6.92 Å². The Hall–Kier alpha value is -2.27. The van der Waals surface area contributed by atoms with E-state index < -0.39 is 4.92 Å². The number of non-ortho nitro benzene ring substituents is 1. The van der Waals surface area contributed by atoms with Crippen LogP contribution in [0.2, 0.25) is 0 Å². The van der Waals surface area contributed by atoms with E-state index >= 15 is 0 Å². The second kappa shape index (κ2) is 6.45. The third kappa shape index (κ3) is 3.86. The van der Waals surface area contributed by atoms with E-state index in [1.54, 1.807) is 24.3 Å². The van der Waals surface area contributed by atoms with Crippen LogP contribution in [-0.2, 0) is 0 Å². The smallest absolute Gasteiger partial charge is 0.270 e. The van der Waals surface area contributed by atoms with Crippen LogP contribution in [-0.4, -0.2) is 10.7 Å². The Balaban J connectivity index is 2.19. The SMILES string of the molecule is Cc1ccc(C(=O)/C=C/c2ccc([N+](=O)[O-])cc2Br)cc1. The minimum Gasteiger partial charge on any atom is -0.289 e. The predicted molar refractivity (Wildman–Crippen MR) is 85.3 cm³/mol. The van der Waals surface area contributed by atoms with E-state index in [4.69, 9.17) is 0 Å². The van der Waals surface area contributed by atoms with Gasteiger partial charge >= 0.3 is 0 Å². The van der Waals surface area contributed by atoms with E-state index in [2.05, 4.69) is 15.9 Å². The summed E-state index contributed by atoms with van der Waals surface area (Å²) in [6.45, 7) is 1.96. The van der Waals surface area contributed by atoms with Crippen LogP contribution in [0.1, 0.15) is 21.5 Å². The highest BCUT2D eigenvalue weighted by Gasteiger charge is 2.08. The fourth-order valence-corrected chi connectivity index (χ4v) is 2.24. The van der Waals surface area contributed by atoms with Gasteiger partial charge in [0.2, 0.25) is 0 Å². The molecule has 0 aliphatic heterocycles. The zero-order chi connectivity index (χ0) is 15.4. The Labute approximate surface area is 130 Å². The third-order valence-electron chi connectivity index (χ3n) is 2.95. The van der Waals surface area contributed by atoms with Gasteiger partial charge in [0, 0.05) is 22.2 Å². The summed E-state index contributed by atoms with van der Waals surface area (Å²) >= 11 is 3.26. The molecule has 0 atom stereocenters. The molecule has 0 spiro atoms. The summed E-state index contributed by atoms with van der Waals surface area (Å²) in [4.78, 5) is 22.2. The summed E-state index contributed by atoms with van der Waals surface area (Å²) in [7, 11) is 0. The van der Waals surface area contributed by atoms with Gasteiger partial charge in [-0.2, -0.15) is 0 Å². The molecule has 2 aromatic rings. The van der Waals surface area contributed by atoms with Crippen LogP contribution in [0.4, 0.5) is 5.69 Å². The Bertz CT molecular complexity index is 721. The molecule has 0 saturated heterocycles. The summed E-state index contributed by atoms with van der Waals surface area (Å²) in [5.74, 6) is -0.111. The van der Waals surface area contributed by atoms with E-state index in [0.29, 0.717) is 15.6 Å². The number of nitro benzene ring substituents is 1. The Morgan fingerprint density at radius 2 is 1.86 bits per heavy atom. The second-order valence-corrected chi connectivity index (χ2v) is 5.38. The summed E-state index contributed by atoms with van der Waals surface area (Å²) in [6, 6.07) is 11.7. The average molecular weight is 346 g/mol. The molecule has 5 heteroatoms. The molecule has 0 aliphatic rings. The Morgan fingerprint density at radius 3 is 2.43 bits per heavy atom. The molecule has 2 aromatic carbocycles. The Kier molecular flexibility index (Phi) is 4.65. The summed E-state index contributed by atoms with van der Waals surface area (Å²) in [5, 5.41) is 10.7.